The second-order valence-electron chi connectivity index (χ2n) is 3.47. The summed E-state index contributed by atoms with van der Waals surface area (Å²) >= 11 is 0. The summed E-state index contributed by atoms with van der Waals surface area (Å²) in [6.45, 7) is 1.83. The third-order valence-electron chi connectivity index (χ3n) is 2.22. The lowest BCUT2D eigenvalue weighted by Gasteiger charge is -2.17. The van der Waals surface area contributed by atoms with Crippen LogP contribution in [0.1, 0.15) is 13.0 Å². The highest BCUT2D eigenvalue weighted by Gasteiger charge is 2.17. The van der Waals surface area contributed by atoms with Crippen molar-refractivity contribution in [2.75, 3.05) is 12.8 Å². The van der Waals surface area contributed by atoms with Gasteiger partial charge in [0.2, 0.25) is 0 Å². The monoisotopic (exact) mass is 233 g/mol. The first-order valence-electron chi connectivity index (χ1n) is 4.48. The Balaban J connectivity index is 2.94. The third kappa shape index (κ3) is 2.77. The average molecular weight is 233 g/mol. The van der Waals surface area contributed by atoms with E-state index in [4.69, 9.17) is 5.73 Å². The molecule has 15 heavy (non-hydrogen) atoms. The number of hydrogen-bond donors (Lipinski definition) is 2. The van der Waals surface area contributed by atoms with Crippen LogP contribution in [0.2, 0.25) is 0 Å². The molecule has 0 aliphatic carbocycles. The number of aromatic nitrogens is 2. The van der Waals surface area contributed by atoms with E-state index in [0.717, 1.165) is 6.26 Å². The maximum Gasteiger partial charge on any atom is 0.178 e. The molecule has 0 fully saturated rings. The minimum Gasteiger partial charge on any atom is -0.390 e. The Morgan fingerprint density at radius 1 is 1.67 bits per heavy atom. The maximum absolute atomic E-state index is 11.2. The van der Waals surface area contributed by atoms with Crippen molar-refractivity contribution in [1.29, 1.82) is 0 Å². The van der Waals surface area contributed by atoms with Crippen LogP contribution >= 0.6 is 0 Å². The number of nitrogens with zero attached hydrogens (tertiary/aromatic N) is 2. The van der Waals surface area contributed by atoms with Gasteiger partial charge in [-0.05, 0) is 6.92 Å². The van der Waals surface area contributed by atoms with Gasteiger partial charge in [-0.15, -0.1) is 0 Å². The molecule has 2 atom stereocenters. The minimum atomic E-state index is -3.24. The van der Waals surface area contributed by atoms with Gasteiger partial charge < -0.3 is 10.8 Å². The average Bonchev–Trinajstić information content (AvgIpc) is 2.63. The summed E-state index contributed by atoms with van der Waals surface area (Å²) in [5.41, 5.74) is 5.29. The molecule has 0 aromatic carbocycles. The van der Waals surface area contributed by atoms with Crippen molar-refractivity contribution in [3.05, 3.63) is 12.4 Å². The van der Waals surface area contributed by atoms with Gasteiger partial charge in [-0.3, -0.25) is 4.68 Å². The summed E-state index contributed by atoms with van der Waals surface area (Å²) in [5, 5.41) is 13.3. The zero-order valence-corrected chi connectivity index (χ0v) is 9.48. The van der Waals surface area contributed by atoms with Gasteiger partial charge in [-0.25, -0.2) is 8.42 Å². The molecule has 0 radical (unpaired) electrons. The van der Waals surface area contributed by atoms with Crippen LogP contribution in [0.15, 0.2) is 17.3 Å². The van der Waals surface area contributed by atoms with Crippen LogP contribution < -0.4 is 5.73 Å². The molecule has 0 aliphatic heterocycles. The quantitative estimate of drug-likeness (QED) is 0.707. The van der Waals surface area contributed by atoms with Gasteiger partial charge >= 0.3 is 0 Å². The van der Waals surface area contributed by atoms with Crippen molar-refractivity contribution < 1.29 is 13.5 Å². The minimum absolute atomic E-state index is 0.106. The Bertz CT molecular complexity index is 426. The van der Waals surface area contributed by atoms with E-state index >= 15 is 0 Å². The smallest absolute Gasteiger partial charge is 0.178 e. The highest BCUT2D eigenvalue weighted by molar-refractivity contribution is 7.90. The molecule has 0 amide bonds. The third-order valence-corrected chi connectivity index (χ3v) is 3.29. The second-order valence-corrected chi connectivity index (χ2v) is 5.49. The molecule has 7 heteroatoms. The van der Waals surface area contributed by atoms with Gasteiger partial charge in [0, 0.05) is 19.0 Å². The predicted molar refractivity (Wildman–Crippen MR) is 55.1 cm³/mol. The fourth-order valence-electron chi connectivity index (χ4n) is 1.11. The van der Waals surface area contributed by atoms with E-state index in [1.165, 1.54) is 17.1 Å². The zero-order valence-electron chi connectivity index (χ0n) is 8.66. The summed E-state index contributed by atoms with van der Waals surface area (Å²) in [6.07, 6.45) is 3.02. The van der Waals surface area contributed by atoms with Crippen LogP contribution in [0.25, 0.3) is 0 Å². The molecule has 86 valence electrons. The first kappa shape index (κ1) is 12.2. The lowest BCUT2D eigenvalue weighted by Crippen LogP contribution is -2.29. The molecular weight excluding hydrogens is 218 g/mol. The first-order valence-corrected chi connectivity index (χ1v) is 6.37. The summed E-state index contributed by atoms with van der Waals surface area (Å²) in [4.78, 5) is 0.138. The van der Waals surface area contributed by atoms with Crippen molar-refractivity contribution in [2.24, 2.45) is 5.73 Å². The van der Waals surface area contributed by atoms with E-state index in [9.17, 15) is 13.5 Å². The fraction of sp³-hybridized carbons (Fsp3) is 0.625. The molecule has 3 N–H and O–H groups in total. The standard InChI is InChI=1S/C8H15N3O3S/c1-6(8(12)3-9)11-5-7(4-10-11)15(2,13)14/h4-6,8,12H,3,9H2,1-2H3. The summed E-state index contributed by atoms with van der Waals surface area (Å²) < 4.78 is 23.7. The number of nitrogens with two attached hydrogens (primary N) is 1. The first-order chi connectivity index (χ1) is 6.86. The van der Waals surface area contributed by atoms with Crippen molar-refractivity contribution in [3.8, 4) is 0 Å². The number of aliphatic hydroxyl groups is 1. The van der Waals surface area contributed by atoms with Crippen molar-refractivity contribution in [1.82, 2.24) is 9.78 Å². The largest absolute Gasteiger partial charge is 0.390 e. The van der Waals surface area contributed by atoms with Crippen LogP contribution in [0.5, 0.6) is 0 Å². The van der Waals surface area contributed by atoms with Crippen molar-refractivity contribution >= 4 is 9.84 Å². The van der Waals surface area contributed by atoms with Gasteiger partial charge in [-0.1, -0.05) is 0 Å². The van der Waals surface area contributed by atoms with E-state index in [1.54, 1.807) is 6.92 Å². The second kappa shape index (κ2) is 4.30. The molecule has 6 nitrogen and oxygen atoms in total. The van der Waals surface area contributed by atoms with Crippen LogP contribution in [0, 0.1) is 0 Å². The predicted octanol–water partition coefficient (Wildman–Crippen LogP) is -0.833. The molecule has 1 aromatic heterocycles. The maximum atomic E-state index is 11.2. The van der Waals surface area contributed by atoms with Gasteiger partial charge in [0.25, 0.3) is 0 Å². The van der Waals surface area contributed by atoms with Gasteiger partial charge in [-0.2, -0.15) is 5.10 Å². The molecule has 1 heterocycles. The lowest BCUT2D eigenvalue weighted by atomic mass is 10.2. The zero-order chi connectivity index (χ0) is 11.6. The van der Waals surface area contributed by atoms with Crippen LogP contribution in [0.3, 0.4) is 0 Å². The normalized spacial score (nSPS) is 16.3. The Morgan fingerprint density at radius 2 is 2.27 bits per heavy atom. The Morgan fingerprint density at radius 3 is 2.67 bits per heavy atom. The van der Waals surface area contributed by atoms with Gasteiger partial charge in [0.1, 0.15) is 4.90 Å². The molecule has 0 aliphatic rings. The number of aliphatic hydroxyl groups excluding tert-OH is 1. The molecule has 0 spiro atoms. The Kier molecular flexibility index (Phi) is 3.48. The summed E-state index contributed by atoms with van der Waals surface area (Å²) in [6, 6.07) is -0.342. The fourth-order valence-corrected chi connectivity index (χ4v) is 1.65. The Labute approximate surface area is 88.6 Å². The van der Waals surface area contributed by atoms with Gasteiger partial charge in [0.15, 0.2) is 9.84 Å². The van der Waals surface area contributed by atoms with E-state index < -0.39 is 15.9 Å². The highest BCUT2D eigenvalue weighted by atomic mass is 32.2. The van der Waals surface area contributed by atoms with Crippen molar-refractivity contribution in [3.63, 3.8) is 0 Å². The summed E-state index contributed by atoms with van der Waals surface area (Å²) in [7, 11) is -3.24. The van der Waals surface area contributed by atoms with E-state index in [1.807, 2.05) is 0 Å². The summed E-state index contributed by atoms with van der Waals surface area (Å²) in [5.74, 6) is 0. The van der Waals surface area contributed by atoms with Crippen molar-refractivity contribution in [2.45, 2.75) is 24.0 Å². The van der Waals surface area contributed by atoms with E-state index in [-0.39, 0.29) is 17.5 Å². The number of rotatable bonds is 4. The molecule has 2 unspecified atom stereocenters. The number of hydrogen-bond acceptors (Lipinski definition) is 5. The molecular formula is C8H15N3O3S. The molecule has 0 saturated carbocycles. The SMILES string of the molecule is CC(C(O)CN)n1cc(S(C)(=O)=O)cn1. The molecule has 0 bridgehead atoms. The van der Waals surface area contributed by atoms with E-state index in [0.29, 0.717) is 0 Å². The van der Waals surface area contributed by atoms with Crippen LogP contribution in [-0.2, 0) is 9.84 Å². The molecule has 1 aromatic rings. The molecule has 1 rings (SSSR count). The Hall–Kier alpha value is -0.920. The van der Waals surface area contributed by atoms with Crippen LogP contribution in [-0.4, -0.2) is 42.2 Å². The number of sulfone groups is 1. The van der Waals surface area contributed by atoms with E-state index in [2.05, 4.69) is 5.10 Å². The topological polar surface area (TPSA) is 98.2 Å². The highest BCUT2D eigenvalue weighted by Crippen LogP contribution is 2.13. The molecule has 0 saturated heterocycles. The van der Waals surface area contributed by atoms with Crippen LogP contribution in [0.4, 0.5) is 0 Å². The van der Waals surface area contributed by atoms with Gasteiger partial charge in [0.05, 0.1) is 18.3 Å². The lowest BCUT2D eigenvalue weighted by molar-refractivity contribution is 0.122.